The Kier molecular flexibility index (Phi) is 1.99. The third kappa shape index (κ3) is 1.25. The molecule has 6 nitrogen and oxygen atoms in total. The second-order valence-corrected chi connectivity index (χ2v) is 5.80. The Morgan fingerprint density at radius 1 is 1.37 bits per heavy atom. The van der Waals surface area contributed by atoms with E-state index in [1.807, 2.05) is 10.6 Å². The molecule has 2 aromatic rings. The molecule has 4 rings (SSSR count). The van der Waals surface area contributed by atoms with Gasteiger partial charge in [0.25, 0.3) is 5.91 Å². The highest BCUT2D eigenvalue weighted by Gasteiger charge is 2.43. The zero-order chi connectivity index (χ0) is 13.3. The van der Waals surface area contributed by atoms with Crippen LogP contribution < -0.4 is 11.0 Å². The summed E-state index contributed by atoms with van der Waals surface area (Å²) in [4.78, 5) is 26.6. The molecular formula is C12H11BrN4O2. The van der Waals surface area contributed by atoms with Crippen LogP contribution in [0.25, 0.3) is 0 Å². The SMILES string of the molecule is Cn1c2c([nH]c1=O)[C@@H]1NC(=O)c3ccc(Br)n3[C@@H]1C2. The van der Waals surface area contributed by atoms with E-state index in [2.05, 4.69) is 26.2 Å². The van der Waals surface area contributed by atoms with Gasteiger partial charge in [-0.1, -0.05) is 0 Å². The van der Waals surface area contributed by atoms with Crippen molar-refractivity contribution in [2.45, 2.75) is 18.5 Å². The van der Waals surface area contributed by atoms with Crippen molar-refractivity contribution in [2.75, 3.05) is 0 Å². The Morgan fingerprint density at radius 3 is 2.95 bits per heavy atom. The van der Waals surface area contributed by atoms with Gasteiger partial charge < -0.3 is 14.9 Å². The number of amides is 1. The van der Waals surface area contributed by atoms with Crippen molar-refractivity contribution < 1.29 is 4.79 Å². The molecule has 1 aliphatic carbocycles. The van der Waals surface area contributed by atoms with Crippen LogP contribution in [0.5, 0.6) is 0 Å². The summed E-state index contributed by atoms with van der Waals surface area (Å²) in [5.41, 5.74) is 2.32. The first-order chi connectivity index (χ1) is 9.08. The Hall–Kier alpha value is -1.76. The maximum Gasteiger partial charge on any atom is 0.325 e. The minimum Gasteiger partial charge on any atom is -0.340 e. The number of halogens is 1. The van der Waals surface area contributed by atoms with E-state index in [0.717, 1.165) is 22.4 Å². The van der Waals surface area contributed by atoms with E-state index in [-0.39, 0.29) is 23.7 Å². The molecule has 98 valence electrons. The average Bonchev–Trinajstić information content (AvgIpc) is 2.98. The third-order valence-electron chi connectivity index (χ3n) is 4.08. The van der Waals surface area contributed by atoms with Gasteiger partial charge in [-0.15, -0.1) is 0 Å². The van der Waals surface area contributed by atoms with Crippen LogP contribution in [-0.4, -0.2) is 20.0 Å². The fourth-order valence-corrected chi connectivity index (χ4v) is 3.74. The maximum absolute atomic E-state index is 12.1. The van der Waals surface area contributed by atoms with E-state index in [1.165, 1.54) is 0 Å². The van der Waals surface area contributed by atoms with Gasteiger partial charge in [-0.05, 0) is 28.1 Å². The average molecular weight is 323 g/mol. The van der Waals surface area contributed by atoms with Gasteiger partial charge in [0.15, 0.2) is 0 Å². The molecule has 0 spiro atoms. The molecule has 19 heavy (non-hydrogen) atoms. The summed E-state index contributed by atoms with van der Waals surface area (Å²) in [7, 11) is 1.75. The maximum atomic E-state index is 12.1. The first-order valence-corrected chi connectivity index (χ1v) is 6.82. The minimum absolute atomic E-state index is 0.107. The lowest BCUT2D eigenvalue weighted by atomic mass is 10.1. The van der Waals surface area contributed by atoms with E-state index in [9.17, 15) is 9.59 Å². The second-order valence-electron chi connectivity index (χ2n) is 4.98. The zero-order valence-corrected chi connectivity index (χ0v) is 11.7. The molecule has 2 atom stereocenters. The number of nitrogens with one attached hydrogen (secondary N) is 2. The van der Waals surface area contributed by atoms with E-state index in [4.69, 9.17) is 0 Å². The number of H-pyrrole nitrogens is 1. The predicted octanol–water partition coefficient (Wildman–Crippen LogP) is 0.859. The quantitative estimate of drug-likeness (QED) is 0.755. The van der Waals surface area contributed by atoms with Crippen molar-refractivity contribution in [1.29, 1.82) is 0 Å². The summed E-state index contributed by atoms with van der Waals surface area (Å²) in [6.07, 6.45) is 0.732. The lowest BCUT2D eigenvalue weighted by Crippen LogP contribution is -2.40. The normalized spacial score (nSPS) is 23.8. The number of hydrogen-bond donors (Lipinski definition) is 2. The third-order valence-corrected chi connectivity index (χ3v) is 4.73. The van der Waals surface area contributed by atoms with E-state index in [0.29, 0.717) is 5.69 Å². The van der Waals surface area contributed by atoms with Crippen molar-refractivity contribution in [2.24, 2.45) is 7.05 Å². The van der Waals surface area contributed by atoms with Crippen LogP contribution in [0.15, 0.2) is 21.5 Å². The molecule has 0 bridgehead atoms. The number of carbonyl (C=O) groups excluding carboxylic acids is 1. The van der Waals surface area contributed by atoms with Gasteiger partial charge in [0.1, 0.15) is 5.69 Å². The van der Waals surface area contributed by atoms with Crippen LogP contribution in [-0.2, 0) is 13.5 Å². The van der Waals surface area contributed by atoms with Crippen molar-refractivity contribution in [3.05, 3.63) is 44.3 Å². The van der Waals surface area contributed by atoms with Crippen molar-refractivity contribution in [3.63, 3.8) is 0 Å². The summed E-state index contributed by atoms with van der Waals surface area (Å²) in [5, 5.41) is 2.98. The molecular weight excluding hydrogens is 312 g/mol. The number of fused-ring (bicyclic) bond motifs is 5. The summed E-state index contributed by atoms with van der Waals surface area (Å²) in [6.45, 7) is 0. The minimum atomic E-state index is -0.160. The molecule has 0 saturated carbocycles. The van der Waals surface area contributed by atoms with Crippen LogP contribution in [0, 0.1) is 0 Å². The van der Waals surface area contributed by atoms with Crippen molar-refractivity contribution in [1.82, 2.24) is 19.4 Å². The summed E-state index contributed by atoms with van der Waals surface area (Å²) in [6, 6.07) is 3.64. The lowest BCUT2D eigenvalue weighted by molar-refractivity contribution is 0.0881. The molecule has 0 fully saturated rings. The lowest BCUT2D eigenvalue weighted by Gasteiger charge is -2.30. The van der Waals surface area contributed by atoms with Crippen LogP contribution in [0.2, 0.25) is 0 Å². The molecule has 3 heterocycles. The number of carbonyl (C=O) groups is 1. The molecule has 2 aliphatic rings. The summed E-state index contributed by atoms with van der Waals surface area (Å²) >= 11 is 3.49. The predicted molar refractivity (Wildman–Crippen MR) is 71.1 cm³/mol. The highest BCUT2D eigenvalue weighted by molar-refractivity contribution is 9.10. The van der Waals surface area contributed by atoms with Gasteiger partial charge in [0, 0.05) is 19.2 Å². The number of aromatic amines is 1. The number of nitrogens with zero attached hydrogens (tertiary/aromatic N) is 2. The topological polar surface area (TPSA) is 71.8 Å². The fourth-order valence-electron chi connectivity index (χ4n) is 3.16. The second kappa shape index (κ2) is 3.41. The summed E-state index contributed by atoms with van der Waals surface area (Å²) in [5.74, 6) is -0.107. The van der Waals surface area contributed by atoms with Crippen LogP contribution in [0.3, 0.4) is 0 Å². The van der Waals surface area contributed by atoms with Crippen LogP contribution in [0.1, 0.15) is 34.0 Å². The van der Waals surface area contributed by atoms with Crippen LogP contribution in [0.4, 0.5) is 0 Å². The van der Waals surface area contributed by atoms with Gasteiger partial charge in [-0.3, -0.25) is 9.36 Å². The van der Waals surface area contributed by atoms with E-state index >= 15 is 0 Å². The standard InChI is InChI=1S/C12H11BrN4O2/c1-16-6-4-7-10(9(6)15-12(16)19)14-11(18)5-2-3-8(13)17(5)7/h2-3,7,10H,4H2,1H3,(H,14,18)(H,15,19)/t7-,10-/m1/s1. The molecule has 2 N–H and O–H groups in total. The van der Waals surface area contributed by atoms with Crippen molar-refractivity contribution in [3.8, 4) is 0 Å². The monoisotopic (exact) mass is 322 g/mol. The number of aromatic nitrogens is 3. The first-order valence-electron chi connectivity index (χ1n) is 6.03. The fraction of sp³-hybridized carbons (Fsp3) is 0.333. The molecule has 0 unspecified atom stereocenters. The van der Waals surface area contributed by atoms with Crippen molar-refractivity contribution >= 4 is 21.8 Å². The molecule has 0 saturated heterocycles. The highest BCUT2D eigenvalue weighted by atomic mass is 79.9. The van der Waals surface area contributed by atoms with Crippen LogP contribution >= 0.6 is 15.9 Å². The van der Waals surface area contributed by atoms with Gasteiger partial charge in [0.05, 0.1) is 22.4 Å². The molecule has 0 aromatic carbocycles. The molecule has 7 heteroatoms. The van der Waals surface area contributed by atoms with E-state index < -0.39 is 0 Å². The number of rotatable bonds is 0. The Balaban J connectivity index is 1.93. The molecule has 1 aliphatic heterocycles. The van der Waals surface area contributed by atoms with Gasteiger partial charge in [0.2, 0.25) is 0 Å². The van der Waals surface area contributed by atoms with Gasteiger partial charge in [-0.2, -0.15) is 0 Å². The summed E-state index contributed by atoms with van der Waals surface area (Å²) < 4.78 is 4.51. The van der Waals surface area contributed by atoms with Gasteiger partial charge >= 0.3 is 5.69 Å². The molecule has 2 aromatic heterocycles. The molecule has 0 radical (unpaired) electrons. The zero-order valence-electron chi connectivity index (χ0n) is 10.1. The Morgan fingerprint density at radius 2 is 2.16 bits per heavy atom. The Bertz CT molecular complexity index is 769. The smallest absolute Gasteiger partial charge is 0.325 e. The largest absolute Gasteiger partial charge is 0.340 e. The number of hydrogen-bond acceptors (Lipinski definition) is 2. The molecule has 1 amide bonds. The van der Waals surface area contributed by atoms with E-state index in [1.54, 1.807) is 17.7 Å². The Labute approximate surface area is 116 Å². The first kappa shape index (κ1) is 11.1. The highest BCUT2D eigenvalue weighted by Crippen LogP contribution is 2.42. The number of imidazole rings is 1. The van der Waals surface area contributed by atoms with Gasteiger partial charge in [-0.25, -0.2) is 4.79 Å².